The summed E-state index contributed by atoms with van der Waals surface area (Å²) in [6.07, 6.45) is 0. The van der Waals surface area contributed by atoms with Crippen LogP contribution in [0.3, 0.4) is 0 Å². The molecule has 0 spiro atoms. The van der Waals surface area contributed by atoms with Crippen LogP contribution in [0.2, 0.25) is 0 Å². The molecule has 1 rings (SSSR count). The van der Waals surface area contributed by atoms with Crippen molar-refractivity contribution in [3.05, 3.63) is 21.3 Å². The molecule has 1 saturated heterocycles. The summed E-state index contributed by atoms with van der Waals surface area (Å²) in [5, 5.41) is 17.1. The summed E-state index contributed by atoms with van der Waals surface area (Å²) in [5.74, 6) is 0. The minimum absolute atomic E-state index is 0.226. The molecule has 95 valence electrons. The van der Waals surface area contributed by atoms with Gasteiger partial charge in [0.2, 0.25) is 0 Å². The van der Waals surface area contributed by atoms with E-state index in [4.69, 9.17) is 19.4 Å². The molecule has 0 aromatic carbocycles. The van der Waals surface area contributed by atoms with Gasteiger partial charge < -0.3 is 21.3 Å². The van der Waals surface area contributed by atoms with Crippen LogP contribution in [0.5, 0.6) is 0 Å². The van der Waals surface area contributed by atoms with Gasteiger partial charge in [-0.2, -0.15) is 52.4 Å². The van der Waals surface area contributed by atoms with Gasteiger partial charge in [-0.25, -0.2) is 0 Å². The van der Waals surface area contributed by atoms with Crippen molar-refractivity contribution in [1.82, 2.24) is 0 Å². The van der Waals surface area contributed by atoms with Crippen molar-refractivity contribution in [2.75, 3.05) is 52.4 Å². The third kappa shape index (κ3) is 15.0. The molecule has 0 amide bonds. The first-order valence-electron chi connectivity index (χ1n) is 4.78. The number of hydrogen-bond acceptors (Lipinski definition) is 0. The monoisotopic (exact) mass is 341 g/mol. The molecule has 1 fully saturated rings. The van der Waals surface area contributed by atoms with E-state index in [1.165, 1.54) is 0 Å². The maximum absolute atomic E-state index is 4.83. The Labute approximate surface area is 108 Å². The van der Waals surface area contributed by atoms with Crippen LogP contribution < -0.4 is 0 Å². The first-order valence-corrected chi connectivity index (χ1v) is 9.00. The fraction of sp³-hybridized carbons (Fsp3) is 1.00. The molecule has 0 aliphatic carbocycles. The molecule has 1 aliphatic rings. The van der Waals surface area contributed by atoms with Gasteiger partial charge in [-0.15, -0.1) is 0 Å². The molecular formula is C8H16Cl2N4Rh-4. The zero-order valence-electron chi connectivity index (χ0n) is 8.53. The summed E-state index contributed by atoms with van der Waals surface area (Å²) in [6, 6.07) is 0. The van der Waals surface area contributed by atoms with Crippen molar-refractivity contribution in [2.45, 2.75) is 0 Å². The van der Waals surface area contributed by atoms with Gasteiger partial charge in [-0.1, -0.05) is 0 Å². The van der Waals surface area contributed by atoms with Crippen molar-refractivity contribution < 1.29 is 15.1 Å². The SMILES string of the molecule is C1C[N-]CC[N-]CC[N-]CC[N-]1.[Cl][Rh][Cl]. The standard InChI is InChI=1S/C8H16N4.2ClH.Rh/c1-2-10-5-6-12-8-7-11-4-3-9-1;;;/h1-8H2;2*1H;/q-4;;;+2/p-2. The topological polar surface area (TPSA) is 56.4 Å². The van der Waals surface area contributed by atoms with Gasteiger partial charge in [0.1, 0.15) is 0 Å². The Morgan fingerprint density at radius 1 is 0.533 bits per heavy atom. The molecule has 0 radical (unpaired) electrons. The molecular weight excluding hydrogens is 326 g/mol. The predicted octanol–water partition coefficient (Wildman–Crippen LogP) is 2.87. The summed E-state index contributed by atoms with van der Waals surface area (Å²) >= 11 is -0.226. The second-order valence-corrected chi connectivity index (χ2v) is 5.22. The summed E-state index contributed by atoms with van der Waals surface area (Å²) in [6.45, 7) is 6.85. The van der Waals surface area contributed by atoms with Gasteiger partial charge in [-0.05, 0) is 0 Å². The second-order valence-electron chi connectivity index (χ2n) is 2.73. The van der Waals surface area contributed by atoms with Gasteiger partial charge in [-0.3, -0.25) is 0 Å². The Balaban J connectivity index is 0.000000583. The zero-order chi connectivity index (χ0) is 11.2. The molecule has 7 heteroatoms. The number of nitrogens with zero attached hydrogens (tertiary/aromatic N) is 4. The van der Waals surface area contributed by atoms with Crippen LogP contribution >= 0.6 is 19.4 Å². The minimum atomic E-state index is -0.226. The predicted molar refractivity (Wildman–Crippen MR) is 64.1 cm³/mol. The number of hydrogen-bond donors (Lipinski definition) is 0. The summed E-state index contributed by atoms with van der Waals surface area (Å²) < 4.78 is 0. The van der Waals surface area contributed by atoms with E-state index in [1.807, 2.05) is 0 Å². The van der Waals surface area contributed by atoms with Crippen LogP contribution in [0.1, 0.15) is 0 Å². The summed E-state index contributed by atoms with van der Waals surface area (Å²) in [7, 11) is 9.67. The number of rotatable bonds is 0. The van der Waals surface area contributed by atoms with E-state index in [1.54, 1.807) is 0 Å². The Kier molecular flexibility index (Phi) is 16.1. The zero-order valence-corrected chi connectivity index (χ0v) is 11.7. The Morgan fingerprint density at radius 3 is 0.800 bits per heavy atom. The summed E-state index contributed by atoms with van der Waals surface area (Å²) in [5.41, 5.74) is 0. The first-order chi connectivity index (χ1) is 7.41. The second kappa shape index (κ2) is 15.0. The molecule has 0 saturated carbocycles. The molecule has 0 N–H and O–H groups in total. The average molecular weight is 342 g/mol. The molecule has 0 atom stereocenters. The van der Waals surface area contributed by atoms with Crippen LogP contribution in [-0.2, 0) is 15.1 Å². The van der Waals surface area contributed by atoms with Crippen molar-refractivity contribution in [3.63, 3.8) is 0 Å². The molecule has 15 heavy (non-hydrogen) atoms. The van der Waals surface area contributed by atoms with Gasteiger partial charge in [0.05, 0.1) is 0 Å². The van der Waals surface area contributed by atoms with Crippen LogP contribution in [-0.4, -0.2) is 52.4 Å². The average Bonchev–Trinajstić information content (AvgIpc) is 2.19. The molecule has 0 aromatic rings. The van der Waals surface area contributed by atoms with Crippen molar-refractivity contribution in [1.29, 1.82) is 0 Å². The fourth-order valence-corrected chi connectivity index (χ4v) is 1.01. The summed E-state index contributed by atoms with van der Waals surface area (Å²) in [4.78, 5) is 0. The Bertz CT molecular complexity index is 77.8. The van der Waals surface area contributed by atoms with Crippen LogP contribution in [0.25, 0.3) is 21.3 Å². The van der Waals surface area contributed by atoms with Crippen molar-refractivity contribution in [3.8, 4) is 0 Å². The van der Waals surface area contributed by atoms with Gasteiger partial charge in [0, 0.05) is 0 Å². The fourth-order valence-electron chi connectivity index (χ4n) is 1.01. The van der Waals surface area contributed by atoms with Crippen molar-refractivity contribution in [2.24, 2.45) is 0 Å². The number of halogens is 2. The van der Waals surface area contributed by atoms with E-state index in [9.17, 15) is 0 Å². The van der Waals surface area contributed by atoms with E-state index in [0.29, 0.717) is 0 Å². The molecule has 0 bridgehead atoms. The Morgan fingerprint density at radius 2 is 0.667 bits per heavy atom. The Hall–Kier alpha value is 1.04. The van der Waals surface area contributed by atoms with Gasteiger partial charge in [0.15, 0.2) is 0 Å². The van der Waals surface area contributed by atoms with Gasteiger partial charge >= 0.3 is 34.5 Å². The molecule has 1 heterocycles. The van der Waals surface area contributed by atoms with Crippen LogP contribution in [0.15, 0.2) is 0 Å². The van der Waals surface area contributed by atoms with E-state index in [0.717, 1.165) is 52.4 Å². The quantitative estimate of drug-likeness (QED) is 0.608. The molecule has 0 unspecified atom stereocenters. The normalized spacial score (nSPS) is 20.7. The van der Waals surface area contributed by atoms with Crippen molar-refractivity contribution >= 4 is 19.4 Å². The van der Waals surface area contributed by atoms with Crippen LogP contribution in [0.4, 0.5) is 0 Å². The van der Waals surface area contributed by atoms with E-state index in [2.05, 4.69) is 21.3 Å². The first kappa shape index (κ1) is 16.0. The van der Waals surface area contributed by atoms with E-state index >= 15 is 0 Å². The van der Waals surface area contributed by atoms with E-state index in [-0.39, 0.29) is 15.1 Å². The maximum atomic E-state index is 4.83. The molecule has 1 aliphatic heterocycles. The third-order valence-corrected chi connectivity index (χ3v) is 1.66. The molecule has 0 aromatic heterocycles. The van der Waals surface area contributed by atoms with E-state index < -0.39 is 0 Å². The third-order valence-electron chi connectivity index (χ3n) is 1.66. The molecule has 4 nitrogen and oxygen atoms in total. The van der Waals surface area contributed by atoms with Gasteiger partial charge in [0.25, 0.3) is 0 Å². The van der Waals surface area contributed by atoms with Crippen LogP contribution in [0, 0.1) is 0 Å².